The Kier molecular flexibility index (Phi) is 1.95. The SMILES string of the molecule is c1cc2c(cc1C1CNC1)CCCO2. The van der Waals surface area contributed by atoms with Gasteiger partial charge >= 0.3 is 0 Å². The van der Waals surface area contributed by atoms with Gasteiger partial charge in [-0.25, -0.2) is 0 Å². The van der Waals surface area contributed by atoms with E-state index in [-0.39, 0.29) is 0 Å². The molecule has 0 spiro atoms. The summed E-state index contributed by atoms with van der Waals surface area (Å²) >= 11 is 0. The molecule has 2 nitrogen and oxygen atoms in total. The van der Waals surface area contributed by atoms with E-state index in [0.717, 1.165) is 31.4 Å². The molecule has 3 rings (SSSR count). The summed E-state index contributed by atoms with van der Waals surface area (Å²) in [6, 6.07) is 6.69. The first-order valence-electron chi connectivity index (χ1n) is 5.40. The van der Waals surface area contributed by atoms with E-state index in [1.54, 1.807) is 0 Å². The molecule has 0 saturated carbocycles. The fraction of sp³-hybridized carbons (Fsp3) is 0.500. The quantitative estimate of drug-likeness (QED) is 0.726. The third kappa shape index (κ3) is 1.30. The largest absolute Gasteiger partial charge is 0.493 e. The summed E-state index contributed by atoms with van der Waals surface area (Å²) in [6.07, 6.45) is 2.35. The van der Waals surface area contributed by atoms with Gasteiger partial charge in [0.15, 0.2) is 0 Å². The van der Waals surface area contributed by atoms with Crippen LogP contribution in [0.2, 0.25) is 0 Å². The molecule has 2 heteroatoms. The van der Waals surface area contributed by atoms with E-state index < -0.39 is 0 Å². The summed E-state index contributed by atoms with van der Waals surface area (Å²) < 4.78 is 5.59. The van der Waals surface area contributed by atoms with Crippen molar-refractivity contribution in [1.82, 2.24) is 5.32 Å². The molecule has 0 aromatic heterocycles. The van der Waals surface area contributed by atoms with Gasteiger partial charge < -0.3 is 10.1 Å². The zero-order valence-corrected chi connectivity index (χ0v) is 8.25. The van der Waals surface area contributed by atoms with E-state index in [4.69, 9.17) is 4.74 Å². The Morgan fingerprint density at radius 3 is 3.00 bits per heavy atom. The summed E-state index contributed by atoms with van der Waals surface area (Å²) in [7, 11) is 0. The summed E-state index contributed by atoms with van der Waals surface area (Å²) in [5.41, 5.74) is 2.88. The first-order chi connectivity index (χ1) is 6.93. The number of rotatable bonds is 1. The average Bonchev–Trinajstić information content (AvgIpc) is 2.15. The van der Waals surface area contributed by atoms with Gasteiger partial charge in [0.1, 0.15) is 5.75 Å². The van der Waals surface area contributed by atoms with E-state index in [1.165, 1.54) is 24.0 Å². The Balaban J connectivity index is 1.92. The van der Waals surface area contributed by atoms with Crippen molar-refractivity contribution in [3.05, 3.63) is 29.3 Å². The molecule has 0 aliphatic carbocycles. The minimum atomic E-state index is 0.738. The highest BCUT2D eigenvalue weighted by Gasteiger charge is 2.20. The van der Waals surface area contributed by atoms with Crippen molar-refractivity contribution in [3.63, 3.8) is 0 Å². The Labute approximate surface area is 84.3 Å². The zero-order valence-electron chi connectivity index (χ0n) is 8.25. The van der Waals surface area contributed by atoms with Crippen LogP contribution >= 0.6 is 0 Å². The molecule has 1 saturated heterocycles. The molecule has 0 atom stereocenters. The van der Waals surface area contributed by atoms with Crippen molar-refractivity contribution in [2.24, 2.45) is 0 Å². The summed E-state index contributed by atoms with van der Waals surface area (Å²) in [5, 5.41) is 3.31. The Morgan fingerprint density at radius 2 is 2.21 bits per heavy atom. The molecule has 1 N–H and O–H groups in total. The average molecular weight is 189 g/mol. The second-order valence-corrected chi connectivity index (χ2v) is 4.17. The zero-order chi connectivity index (χ0) is 9.38. The maximum Gasteiger partial charge on any atom is 0.122 e. The molecular weight excluding hydrogens is 174 g/mol. The molecular formula is C12H15NO. The first kappa shape index (κ1) is 8.30. The lowest BCUT2D eigenvalue weighted by Gasteiger charge is -2.28. The van der Waals surface area contributed by atoms with Gasteiger partial charge in [0.2, 0.25) is 0 Å². The van der Waals surface area contributed by atoms with E-state index in [2.05, 4.69) is 23.5 Å². The Morgan fingerprint density at radius 1 is 1.29 bits per heavy atom. The normalized spacial score (nSPS) is 20.9. The highest BCUT2D eigenvalue weighted by molar-refractivity contribution is 5.40. The Bertz CT molecular complexity index is 344. The first-order valence-corrected chi connectivity index (χ1v) is 5.40. The number of hydrogen-bond donors (Lipinski definition) is 1. The molecule has 2 aliphatic rings. The van der Waals surface area contributed by atoms with Crippen LogP contribution in [0, 0.1) is 0 Å². The fourth-order valence-electron chi connectivity index (χ4n) is 2.16. The lowest BCUT2D eigenvalue weighted by Crippen LogP contribution is -2.39. The Hall–Kier alpha value is -1.02. The molecule has 0 unspecified atom stereocenters. The van der Waals surface area contributed by atoms with Crippen molar-refractivity contribution in [2.75, 3.05) is 19.7 Å². The fourth-order valence-corrected chi connectivity index (χ4v) is 2.16. The van der Waals surface area contributed by atoms with Gasteiger partial charge in [-0.15, -0.1) is 0 Å². The second kappa shape index (κ2) is 3.28. The second-order valence-electron chi connectivity index (χ2n) is 4.17. The molecule has 1 fully saturated rings. The van der Waals surface area contributed by atoms with Crippen LogP contribution in [0.5, 0.6) is 5.75 Å². The number of hydrogen-bond acceptors (Lipinski definition) is 2. The number of ether oxygens (including phenoxy) is 1. The molecule has 0 radical (unpaired) electrons. The highest BCUT2D eigenvalue weighted by Crippen LogP contribution is 2.29. The number of aryl methyl sites for hydroxylation is 1. The number of nitrogens with one attached hydrogen (secondary N) is 1. The van der Waals surface area contributed by atoms with Crippen LogP contribution in [-0.2, 0) is 6.42 Å². The summed E-state index contributed by atoms with van der Waals surface area (Å²) in [5.74, 6) is 1.84. The van der Waals surface area contributed by atoms with Crippen LogP contribution in [0.1, 0.15) is 23.5 Å². The van der Waals surface area contributed by atoms with Crippen LogP contribution in [-0.4, -0.2) is 19.7 Å². The summed E-state index contributed by atoms with van der Waals surface area (Å²) in [4.78, 5) is 0. The maximum atomic E-state index is 5.59. The monoisotopic (exact) mass is 189 g/mol. The summed E-state index contributed by atoms with van der Waals surface area (Å²) in [6.45, 7) is 3.16. The van der Waals surface area contributed by atoms with Gasteiger partial charge in [-0.05, 0) is 30.0 Å². The standard InChI is InChI=1S/C12H15NO/c1-2-10-6-9(11-7-13-8-11)3-4-12(10)14-5-1/h3-4,6,11,13H,1-2,5,7-8H2. The molecule has 0 amide bonds. The topological polar surface area (TPSA) is 21.3 Å². The molecule has 2 heterocycles. The van der Waals surface area contributed by atoms with Gasteiger partial charge in [-0.2, -0.15) is 0 Å². The predicted molar refractivity (Wildman–Crippen MR) is 55.9 cm³/mol. The smallest absolute Gasteiger partial charge is 0.122 e. The predicted octanol–water partition coefficient (Wildman–Crippen LogP) is 1.70. The van der Waals surface area contributed by atoms with Gasteiger partial charge in [0.25, 0.3) is 0 Å². The number of fused-ring (bicyclic) bond motifs is 1. The highest BCUT2D eigenvalue weighted by atomic mass is 16.5. The van der Waals surface area contributed by atoms with Crippen LogP contribution in [0.3, 0.4) is 0 Å². The van der Waals surface area contributed by atoms with E-state index in [0.29, 0.717) is 0 Å². The minimum Gasteiger partial charge on any atom is -0.493 e. The van der Waals surface area contributed by atoms with Crippen molar-refractivity contribution < 1.29 is 4.74 Å². The van der Waals surface area contributed by atoms with Gasteiger partial charge in [0, 0.05) is 19.0 Å². The molecule has 14 heavy (non-hydrogen) atoms. The van der Waals surface area contributed by atoms with Crippen molar-refractivity contribution in [3.8, 4) is 5.75 Å². The molecule has 0 bridgehead atoms. The van der Waals surface area contributed by atoms with E-state index in [1.807, 2.05) is 0 Å². The van der Waals surface area contributed by atoms with Crippen LogP contribution < -0.4 is 10.1 Å². The number of benzene rings is 1. The maximum absolute atomic E-state index is 5.59. The van der Waals surface area contributed by atoms with Crippen LogP contribution in [0.15, 0.2) is 18.2 Å². The van der Waals surface area contributed by atoms with Crippen molar-refractivity contribution >= 4 is 0 Å². The van der Waals surface area contributed by atoms with Gasteiger partial charge in [-0.3, -0.25) is 0 Å². The molecule has 1 aromatic carbocycles. The molecule has 74 valence electrons. The third-order valence-electron chi connectivity index (χ3n) is 3.19. The van der Waals surface area contributed by atoms with Gasteiger partial charge in [0.05, 0.1) is 6.61 Å². The van der Waals surface area contributed by atoms with E-state index >= 15 is 0 Å². The van der Waals surface area contributed by atoms with Crippen LogP contribution in [0.25, 0.3) is 0 Å². The molecule has 1 aromatic rings. The molecule has 2 aliphatic heterocycles. The van der Waals surface area contributed by atoms with E-state index in [9.17, 15) is 0 Å². The van der Waals surface area contributed by atoms with Gasteiger partial charge in [-0.1, -0.05) is 12.1 Å². The van der Waals surface area contributed by atoms with Crippen LogP contribution in [0.4, 0.5) is 0 Å². The third-order valence-corrected chi connectivity index (χ3v) is 3.19. The van der Waals surface area contributed by atoms with Crippen molar-refractivity contribution in [2.45, 2.75) is 18.8 Å². The lowest BCUT2D eigenvalue weighted by molar-refractivity contribution is 0.288. The minimum absolute atomic E-state index is 0.738. The lowest BCUT2D eigenvalue weighted by atomic mass is 9.91. The van der Waals surface area contributed by atoms with Crippen molar-refractivity contribution in [1.29, 1.82) is 0 Å².